The molecular formula is C12H12NO5-. The van der Waals surface area contributed by atoms with Crippen LogP contribution in [0, 0.1) is 0 Å². The van der Waals surface area contributed by atoms with Crippen LogP contribution in [0.2, 0.25) is 0 Å². The lowest BCUT2D eigenvalue weighted by Gasteiger charge is -2.27. The van der Waals surface area contributed by atoms with E-state index in [1.165, 1.54) is 14.2 Å². The maximum atomic E-state index is 11.4. The molecule has 0 unspecified atom stereocenters. The normalized spacial score (nSPS) is 17.7. The summed E-state index contributed by atoms with van der Waals surface area (Å²) in [6.07, 6.45) is -0.134. The molecule has 1 aromatic rings. The number of carbonyl (C=O) groups is 2. The van der Waals surface area contributed by atoms with E-state index < -0.39 is 11.9 Å². The highest BCUT2D eigenvalue weighted by Gasteiger charge is 2.27. The topological polar surface area (TPSA) is 87.7 Å². The van der Waals surface area contributed by atoms with Crippen LogP contribution in [-0.2, 0) is 9.59 Å². The van der Waals surface area contributed by atoms with Crippen molar-refractivity contribution < 1.29 is 24.2 Å². The maximum absolute atomic E-state index is 11.4. The second-order valence-corrected chi connectivity index (χ2v) is 3.92. The Morgan fingerprint density at radius 1 is 1.33 bits per heavy atom. The molecule has 1 atom stereocenters. The molecule has 0 bridgehead atoms. The van der Waals surface area contributed by atoms with E-state index in [9.17, 15) is 14.7 Å². The number of benzene rings is 1. The van der Waals surface area contributed by atoms with Crippen molar-refractivity contribution in [2.75, 3.05) is 19.5 Å². The van der Waals surface area contributed by atoms with Gasteiger partial charge in [0.05, 0.1) is 14.2 Å². The lowest BCUT2D eigenvalue weighted by atomic mass is 9.90. The van der Waals surface area contributed by atoms with Crippen LogP contribution in [0.15, 0.2) is 12.1 Å². The van der Waals surface area contributed by atoms with Crippen molar-refractivity contribution in [2.45, 2.75) is 12.3 Å². The molecule has 6 heteroatoms. The van der Waals surface area contributed by atoms with E-state index in [0.29, 0.717) is 22.7 Å². The first-order valence-corrected chi connectivity index (χ1v) is 5.33. The predicted octanol–water partition coefficient (Wildman–Crippen LogP) is -0.121. The third-order valence-electron chi connectivity index (χ3n) is 2.88. The first kappa shape index (κ1) is 12.2. The molecule has 1 aromatic carbocycles. The van der Waals surface area contributed by atoms with Crippen LogP contribution < -0.4 is 19.9 Å². The Morgan fingerprint density at radius 3 is 2.50 bits per heavy atom. The molecule has 0 spiro atoms. The van der Waals surface area contributed by atoms with E-state index >= 15 is 0 Å². The third-order valence-corrected chi connectivity index (χ3v) is 2.88. The smallest absolute Gasteiger partial charge is 0.225 e. The van der Waals surface area contributed by atoms with Gasteiger partial charge in [-0.1, -0.05) is 0 Å². The van der Waals surface area contributed by atoms with Crippen molar-refractivity contribution in [3.05, 3.63) is 17.7 Å². The van der Waals surface area contributed by atoms with Gasteiger partial charge in [-0.25, -0.2) is 0 Å². The van der Waals surface area contributed by atoms with Crippen molar-refractivity contribution in [3.8, 4) is 11.5 Å². The highest BCUT2D eigenvalue weighted by Crippen LogP contribution is 2.40. The van der Waals surface area contributed by atoms with Crippen LogP contribution in [-0.4, -0.2) is 26.1 Å². The number of carboxylic acid groups (broad SMARTS) is 1. The molecule has 0 fully saturated rings. The molecule has 0 aliphatic carbocycles. The number of hydrogen-bond acceptors (Lipinski definition) is 5. The first-order valence-electron chi connectivity index (χ1n) is 5.33. The molecule has 1 heterocycles. The number of aliphatic carboxylic acids is 1. The Morgan fingerprint density at radius 2 is 1.94 bits per heavy atom. The summed E-state index contributed by atoms with van der Waals surface area (Å²) in [4.78, 5) is 22.5. The van der Waals surface area contributed by atoms with Gasteiger partial charge in [0.15, 0.2) is 11.5 Å². The number of nitrogens with one attached hydrogen (secondary N) is 1. The molecule has 2 rings (SSSR count). The lowest BCUT2D eigenvalue weighted by Crippen LogP contribution is -2.35. The van der Waals surface area contributed by atoms with E-state index in [1.54, 1.807) is 12.1 Å². The molecule has 6 nitrogen and oxygen atoms in total. The Kier molecular flexibility index (Phi) is 3.10. The SMILES string of the molecule is COc1cc2c(cc1OC)[C@@H](C(=O)[O-])CC(=O)N2. The van der Waals surface area contributed by atoms with Crippen LogP contribution in [0.4, 0.5) is 5.69 Å². The fraction of sp³-hybridized carbons (Fsp3) is 0.333. The van der Waals surface area contributed by atoms with Crippen molar-refractivity contribution >= 4 is 17.6 Å². The minimum atomic E-state index is -1.28. The minimum Gasteiger partial charge on any atom is -0.549 e. The Bertz CT molecular complexity index is 511. The summed E-state index contributed by atoms with van der Waals surface area (Å²) in [7, 11) is 2.92. The minimum absolute atomic E-state index is 0.134. The van der Waals surface area contributed by atoms with Gasteiger partial charge in [-0.05, 0) is 11.6 Å². The van der Waals surface area contributed by atoms with Crippen molar-refractivity contribution in [2.24, 2.45) is 0 Å². The number of carboxylic acids is 1. The van der Waals surface area contributed by atoms with Gasteiger partial charge in [0, 0.05) is 30.1 Å². The maximum Gasteiger partial charge on any atom is 0.225 e. The van der Waals surface area contributed by atoms with Crippen molar-refractivity contribution in [3.63, 3.8) is 0 Å². The molecule has 1 aliphatic heterocycles. The highest BCUT2D eigenvalue weighted by molar-refractivity contribution is 5.99. The van der Waals surface area contributed by atoms with E-state index in [4.69, 9.17) is 9.47 Å². The van der Waals surface area contributed by atoms with E-state index in [1.807, 2.05) is 0 Å². The van der Waals surface area contributed by atoms with Gasteiger partial charge in [0.2, 0.25) is 5.91 Å². The lowest BCUT2D eigenvalue weighted by molar-refractivity contribution is -0.308. The fourth-order valence-electron chi connectivity index (χ4n) is 2.00. The van der Waals surface area contributed by atoms with Crippen molar-refractivity contribution in [1.29, 1.82) is 0 Å². The number of anilines is 1. The third kappa shape index (κ3) is 1.97. The van der Waals surface area contributed by atoms with Crippen LogP contribution in [0.5, 0.6) is 11.5 Å². The average molecular weight is 250 g/mol. The zero-order chi connectivity index (χ0) is 13.3. The van der Waals surface area contributed by atoms with E-state index in [2.05, 4.69) is 5.32 Å². The van der Waals surface area contributed by atoms with Crippen LogP contribution in [0.1, 0.15) is 17.9 Å². The number of hydrogen-bond donors (Lipinski definition) is 1. The fourth-order valence-corrected chi connectivity index (χ4v) is 2.00. The standard InChI is InChI=1S/C12H13NO5/c1-17-9-3-6-7(12(15)16)4-11(14)13-8(6)5-10(9)18-2/h3,5,7H,4H2,1-2H3,(H,13,14)(H,15,16)/p-1/t7-/m0/s1. The quantitative estimate of drug-likeness (QED) is 0.808. The number of rotatable bonds is 3. The second kappa shape index (κ2) is 4.56. The molecule has 0 aromatic heterocycles. The summed E-state index contributed by atoms with van der Waals surface area (Å²) in [6, 6.07) is 3.09. The van der Waals surface area contributed by atoms with E-state index in [-0.39, 0.29) is 12.3 Å². The number of carbonyl (C=O) groups excluding carboxylic acids is 2. The monoisotopic (exact) mass is 250 g/mol. The van der Waals surface area contributed by atoms with Gasteiger partial charge >= 0.3 is 0 Å². The summed E-state index contributed by atoms with van der Waals surface area (Å²) in [5.74, 6) is -1.76. The van der Waals surface area contributed by atoms with Gasteiger partial charge < -0.3 is 24.7 Å². The summed E-state index contributed by atoms with van der Waals surface area (Å²) < 4.78 is 10.2. The highest BCUT2D eigenvalue weighted by atomic mass is 16.5. The molecule has 0 saturated heterocycles. The molecule has 1 N–H and O–H groups in total. The van der Waals surface area contributed by atoms with Gasteiger partial charge in [-0.2, -0.15) is 0 Å². The van der Waals surface area contributed by atoms with Crippen LogP contribution >= 0.6 is 0 Å². The van der Waals surface area contributed by atoms with Gasteiger partial charge in [-0.15, -0.1) is 0 Å². The zero-order valence-electron chi connectivity index (χ0n) is 9.98. The van der Waals surface area contributed by atoms with Gasteiger partial charge in [0.25, 0.3) is 0 Å². The van der Waals surface area contributed by atoms with Crippen molar-refractivity contribution in [1.82, 2.24) is 0 Å². The van der Waals surface area contributed by atoms with Crippen LogP contribution in [0.3, 0.4) is 0 Å². The largest absolute Gasteiger partial charge is 0.549 e. The molecule has 0 radical (unpaired) electrons. The number of fused-ring (bicyclic) bond motifs is 1. The van der Waals surface area contributed by atoms with Crippen LogP contribution in [0.25, 0.3) is 0 Å². The predicted molar refractivity (Wildman–Crippen MR) is 60.5 cm³/mol. The summed E-state index contributed by atoms with van der Waals surface area (Å²) in [5, 5.41) is 13.7. The molecule has 1 amide bonds. The zero-order valence-corrected chi connectivity index (χ0v) is 9.98. The summed E-state index contributed by atoms with van der Waals surface area (Å²) in [6.45, 7) is 0. The Balaban J connectivity index is 2.56. The molecular weight excluding hydrogens is 238 g/mol. The molecule has 96 valence electrons. The molecule has 0 saturated carbocycles. The Labute approximate surface area is 104 Å². The molecule has 1 aliphatic rings. The number of amides is 1. The first-order chi connectivity index (χ1) is 8.56. The van der Waals surface area contributed by atoms with E-state index in [0.717, 1.165) is 0 Å². The average Bonchev–Trinajstić information content (AvgIpc) is 2.35. The van der Waals surface area contributed by atoms with Gasteiger partial charge in [-0.3, -0.25) is 4.79 Å². The van der Waals surface area contributed by atoms with Gasteiger partial charge in [0.1, 0.15) is 0 Å². The number of ether oxygens (including phenoxy) is 2. The number of methoxy groups -OCH3 is 2. The summed E-state index contributed by atoms with van der Waals surface area (Å²) >= 11 is 0. The second-order valence-electron chi connectivity index (χ2n) is 3.92. The Hall–Kier alpha value is -2.24. The summed E-state index contributed by atoms with van der Waals surface area (Å²) in [5.41, 5.74) is 0.880. The molecule has 18 heavy (non-hydrogen) atoms.